The van der Waals surface area contributed by atoms with Gasteiger partial charge in [-0.25, -0.2) is 0 Å². The van der Waals surface area contributed by atoms with Gasteiger partial charge in [0, 0.05) is 6.42 Å². The summed E-state index contributed by atoms with van der Waals surface area (Å²) in [5, 5.41) is 17.6. The molecule has 0 spiro atoms. The number of methoxy groups -OCH3 is 1. The molecule has 14 heavy (non-hydrogen) atoms. The van der Waals surface area contributed by atoms with Crippen molar-refractivity contribution in [2.75, 3.05) is 7.11 Å². The van der Waals surface area contributed by atoms with Crippen LogP contribution in [0.2, 0.25) is 0 Å². The quantitative estimate of drug-likeness (QED) is 0.467. The minimum atomic E-state index is -0.840. The van der Waals surface area contributed by atoms with Crippen LogP contribution in [0.15, 0.2) is 0 Å². The Hall–Kier alpha value is -1.10. The Morgan fingerprint density at radius 1 is 1.36 bits per heavy atom. The molecule has 0 unspecified atom stereocenters. The molecule has 0 aromatic carbocycles. The third-order valence-corrected chi connectivity index (χ3v) is 1.81. The maximum atomic E-state index is 10.7. The molecule has 0 radical (unpaired) electrons. The van der Waals surface area contributed by atoms with Gasteiger partial charge in [-0.05, 0) is 12.8 Å². The molecule has 0 rings (SSSR count). The van der Waals surface area contributed by atoms with E-state index in [2.05, 4.69) is 4.74 Å². The zero-order chi connectivity index (χ0) is 11.0. The van der Waals surface area contributed by atoms with Crippen LogP contribution in [-0.2, 0) is 14.3 Å². The first kappa shape index (κ1) is 12.9. The Morgan fingerprint density at radius 2 is 2.00 bits per heavy atom. The SMILES string of the molecule is COC(=O)C[C@H](O)CCCCC(=O)O. The number of aliphatic carboxylic acids is 1. The summed E-state index contributed by atoms with van der Waals surface area (Å²) in [7, 11) is 1.26. The summed E-state index contributed by atoms with van der Waals surface area (Å²) in [5.41, 5.74) is 0. The molecule has 0 aliphatic carbocycles. The highest BCUT2D eigenvalue weighted by molar-refractivity contribution is 5.69. The van der Waals surface area contributed by atoms with Gasteiger partial charge in [-0.1, -0.05) is 6.42 Å². The minimum Gasteiger partial charge on any atom is -0.481 e. The van der Waals surface area contributed by atoms with E-state index in [0.29, 0.717) is 19.3 Å². The Morgan fingerprint density at radius 3 is 2.50 bits per heavy atom. The normalized spacial score (nSPS) is 12.1. The lowest BCUT2D eigenvalue weighted by atomic mass is 10.1. The van der Waals surface area contributed by atoms with Gasteiger partial charge in [-0.15, -0.1) is 0 Å². The number of hydrogen-bond donors (Lipinski definition) is 2. The summed E-state index contributed by atoms with van der Waals surface area (Å²) in [6.07, 6.45) is 0.908. The molecule has 5 nitrogen and oxygen atoms in total. The van der Waals surface area contributed by atoms with Gasteiger partial charge in [0.25, 0.3) is 0 Å². The largest absolute Gasteiger partial charge is 0.481 e. The second-order valence-corrected chi connectivity index (χ2v) is 3.07. The van der Waals surface area contributed by atoms with Crippen molar-refractivity contribution in [1.82, 2.24) is 0 Å². The average Bonchev–Trinajstić information content (AvgIpc) is 2.12. The van der Waals surface area contributed by atoms with E-state index in [-0.39, 0.29) is 12.8 Å². The number of carboxylic acid groups (broad SMARTS) is 1. The summed E-state index contributed by atoms with van der Waals surface area (Å²) in [6, 6.07) is 0. The van der Waals surface area contributed by atoms with E-state index in [0.717, 1.165) is 0 Å². The van der Waals surface area contributed by atoms with Crippen molar-refractivity contribution in [2.45, 2.75) is 38.2 Å². The molecule has 0 fully saturated rings. The first-order chi connectivity index (χ1) is 6.56. The standard InChI is InChI=1S/C9H16O5/c1-14-9(13)6-7(10)4-2-3-5-8(11)12/h7,10H,2-6H2,1H3,(H,11,12)/t7-/m1/s1. The van der Waals surface area contributed by atoms with Crippen LogP contribution in [0.3, 0.4) is 0 Å². The third kappa shape index (κ3) is 7.54. The number of unbranched alkanes of at least 4 members (excludes halogenated alkanes) is 1. The molecule has 5 heteroatoms. The van der Waals surface area contributed by atoms with E-state index in [9.17, 15) is 14.7 Å². The smallest absolute Gasteiger partial charge is 0.308 e. The molecule has 0 saturated heterocycles. The van der Waals surface area contributed by atoms with Gasteiger partial charge in [0.2, 0.25) is 0 Å². The molecule has 0 saturated carbocycles. The van der Waals surface area contributed by atoms with Crippen LogP contribution in [0.5, 0.6) is 0 Å². The lowest BCUT2D eigenvalue weighted by molar-refractivity contribution is -0.143. The number of carbonyl (C=O) groups is 2. The van der Waals surface area contributed by atoms with Gasteiger partial charge in [0.15, 0.2) is 0 Å². The van der Waals surface area contributed by atoms with Gasteiger partial charge < -0.3 is 14.9 Å². The predicted molar refractivity (Wildman–Crippen MR) is 48.7 cm³/mol. The number of esters is 1. The summed E-state index contributed by atoms with van der Waals surface area (Å²) in [5.74, 6) is -1.29. The fourth-order valence-corrected chi connectivity index (χ4v) is 1.03. The van der Waals surface area contributed by atoms with E-state index in [1.54, 1.807) is 0 Å². The number of rotatable bonds is 7. The fourth-order valence-electron chi connectivity index (χ4n) is 1.03. The van der Waals surface area contributed by atoms with E-state index >= 15 is 0 Å². The average molecular weight is 204 g/mol. The summed E-state index contributed by atoms with van der Waals surface area (Å²) >= 11 is 0. The van der Waals surface area contributed by atoms with E-state index in [1.807, 2.05) is 0 Å². The van der Waals surface area contributed by atoms with E-state index in [4.69, 9.17) is 5.11 Å². The summed E-state index contributed by atoms with van der Waals surface area (Å²) < 4.78 is 4.37. The number of carbonyl (C=O) groups excluding carboxylic acids is 1. The van der Waals surface area contributed by atoms with Crippen LogP contribution in [0, 0.1) is 0 Å². The van der Waals surface area contributed by atoms with Gasteiger partial charge >= 0.3 is 11.9 Å². The monoisotopic (exact) mass is 204 g/mol. The van der Waals surface area contributed by atoms with E-state index < -0.39 is 18.0 Å². The fraction of sp³-hybridized carbons (Fsp3) is 0.778. The Labute approximate surface area is 82.7 Å². The lowest BCUT2D eigenvalue weighted by Crippen LogP contribution is -2.14. The predicted octanol–water partition coefficient (Wildman–Crippen LogP) is 0.555. The van der Waals surface area contributed by atoms with Gasteiger partial charge in [-0.2, -0.15) is 0 Å². The van der Waals surface area contributed by atoms with Crippen LogP contribution < -0.4 is 0 Å². The van der Waals surface area contributed by atoms with Gasteiger partial charge in [0.05, 0.1) is 19.6 Å². The van der Waals surface area contributed by atoms with Crippen molar-refractivity contribution in [3.63, 3.8) is 0 Å². The molecule has 0 aliphatic heterocycles. The summed E-state index contributed by atoms with van der Waals surface area (Å²) in [4.78, 5) is 20.8. The maximum Gasteiger partial charge on any atom is 0.308 e. The molecule has 1 atom stereocenters. The summed E-state index contributed by atoms with van der Waals surface area (Å²) in [6.45, 7) is 0. The Bertz CT molecular complexity index is 190. The van der Waals surface area contributed by atoms with Crippen molar-refractivity contribution in [1.29, 1.82) is 0 Å². The van der Waals surface area contributed by atoms with Crippen LogP contribution in [0.25, 0.3) is 0 Å². The zero-order valence-corrected chi connectivity index (χ0v) is 8.23. The second kappa shape index (κ2) is 7.32. The molecule has 0 aliphatic rings. The van der Waals surface area contributed by atoms with Crippen LogP contribution in [-0.4, -0.2) is 35.4 Å². The van der Waals surface area contributed by atoms with Crippen LogP contribution in [0.1, 0.15) is 32.1 Å². The molecule has 0 amide bonds. The number of aliphatic hydroxyl groups is 1. The topological polar surface area (TPSA) is 83.8 Å². The molecule has 0 bridgehead atoms. The second-order valence-electron chi connectivity index (χ2n) is 3.07. The molecule has 0 heterocycles. The number of carboxylic acids is 1. The van der Waals surface area contributed by atoms with Crippen molar-refractivity contribution in [3.8, 4) is 0 Å². The highest BCUT2D eigenvalue weighted by Gasteiger charge is 2.10. The molecular weight excluding hydrogens is 188 g/mol. The minimum absolute atomic E-state index is 0.0242. The zero-order valence-electron chi connectivity index (χ0n) is 8.23. The lowest BCUT2D eigenvalue weighted by Gasteiger charge is -2.07. The Kier molecular flexibility index (Phi) is 6.74. The first-order valence-electron chi connectivity index (χ1n) is 4.53. The highest BCUT2D eigenvalue weighted by atomic mass is 16.5. The molecule has 0 aromatic rings. The number of aliphatic hydroxyl groups excluding tert-OH is 1. The Balaban J connectivity index is 3.39. The molecule has 82 valence electrons. The molecule has 0 aromatic heterocycles. The van der Waals surface area contributed by atoms with Gasteiger partial charge in [-0.3, -0.25) is 9.59 Å². The van der Waals surface area contributed by atoms with Crippen molar-refractivity contribution in [2.24, 2.45) is 0 Å². The van der Waals surface area contributed by atoms with Crippen molar-refractivity contribution in [3.05, 3.63) is 0 Å². The highest BCUT2D eigenvalue weighted by Crippen LogP contribution is 2.07. The van der Waals surface area contributed by atoms with Crippen LogP contribution >= 0.6 is 0 Å². The third-order valence-electron chi connectivity index (χ3n) is 1.81. The van der Waals surface area contributed by atoms with Gasteiger partial charge in [0.1, 0.15) is 0 Å². The van der Waals surface area contributed by atoms with Crippen molar-refractivity contribution < 1.29 is 24.5 Å². The van der Waals surface area contributed by atoms with Crippen molar-refractivity contribution >= 4 is 11.9 Å². The molecule has 2 N–H and O–H groups in total. The molecular formula is C9H16O5. The number of ether oxygens (including phenoxy) is 1. The number of hydrogen-bond acceptors (Lipinski definition) is 4. The van der Waals surface area contributed by atoms with E-state index in [1.165, 1.54) is 7.11 Å². The first-order valence-corrected chi connectivity index (χ1v) is 4.53. The maximum absolute atomic E-state index is 10.7. The van der Waals surface area contributed by atoms with Crippen LogP contribution in [0.4, 0.5) is 0 Å².